The number of ether oxygens (including phenoxy) is 2. The van der Waals surface area contributed by atoms with Crippen molar-refractivity contribution in [3.05, 3.63) is 48.2 Å². The lowest BCUT2D eigenvalue weighted by Crippen LogP contribution is -2.29. The Morgan fingerprint density at radius 2 is 2.13 bits per heavy atom. The van der Waals surface area contributed by atoms with E-state index in [4.69, 9.17) is 13.9 Å². The van der Waals surface area contributed by atoms with Crippen molar-refractivity contribution in [1.82, 2.24) is 9.88 Å². The Balaban J connectivity index is 1.46. The average molecular weight is 316 g/mol. The summed E-state index contributed by atoms with van der Waals surface area (Å²) in [6.07, 6.45) is 10.8. The number of rotatable bonds is 7. The Hall–Kier alpha value is -1.85. The van der Waals surface area contributed by atoms with Gasteiger partial charge in [-0.3, -0.25) is 9.88 Å². The minimum absolute atomic E-state index is 0.274. The molecule has 0 spiro atoms. The molecule has 124 valence electrons. The Morgan fingerprint density at radius 1 is 1.26 bits per heavy atom. The zero-order chi connectivity index (χ0) is 16.1. The molecule has 0 unspecified atom stereocenters. The molecule has 1 aliphatic heterocycles. The number of aromatic nitrogens is 1. The predicted molar refractivity (Wildman–Crippen MR) is 87.4 cm³/mol. The van der Waals surface area contributed by atoms with E-state index in [1.807, 2.05) is 18.3 Å². The molecule has 1 fully saturated rings. The van der Waals surface area contributed by atoms with Gasteiger partial charge >= 0.3 is 0 Å². The Labute approximate surface area is 137 Å². The number of furan rings is 1. The van der Waals surface area contributed by atoms with E-state index >= 15 is 0 Å². The molecular weight excluding hydrogens is 292 g/mol. The Bertz CT molecular complexity index is 600. The predicted octanol–water partition coefficient (Wildman–Crippen LogP) is 2.91. The molecule has 0 aliphatic carbocycles. The van der Waals surface area contributed by atoms with Gasteiger partial charge in [-0.2, -0.15) is 0 Å². The van der Waals surface area contributed by atoms with Crippen LogP contribution in [0.1, 0.15) is 24.0 Å². The molecule has 1 aliphatic rings. The molecule has 1 saturated heterocycles. The number of nitrogens with zero attached hydrogens (tertiary/aromatic N) is 2. The van der Waals surface area contributed by atoms with Crippen LogP contribution >= 0.6 is 0 Å². The summed E-state index contributed by atoms with van der Waals surface area (Å²) < 4.78 is 16.5. The van der Waals surface area contributed by atoms with Crippen LogP contribution in [0.4, 0.5) is 0 Å². The number of hydrogen-bond acceptors (Lipinski definition) is 5. The summed E-state index contributed by atoms with van der Waals surface area (Å²) in [7, 11) is 3.79. The molecule has 2 atom stereocenters. The van der Waals surface area contributed by atoms with E-state index in [0.29, 0.717) is 6.10 Å². The zero-order valence-corrected chi connectivity index (χ0v) is 13.8. The van der Waals surface area contributed by atoms with Crippen molar-refractivity contribution < 1.29 is 13.9 Å². The van der Waals surface area contributed by atoms with E-state index in [0.717, 1.165) is 38.1 Å². The van der Waals surface area contributed by atoms with Crippen LogP contribution in [0, 0.1) is 0 Å². The van der Waals surface area contributed by atoms with Crippen LogP contribution in [-0.4, -0.2) is 42.8 Å². The Morgan fingerprint density at radius 3 is 2.91 bits per heavy atom. The molecule has 0 bridgehead atoms. The maximum atomic E-state index is 6.20. The third-order valence-electron chi connectivity index (χ3n) is 4.21. The fourth-order valence-corrected chi connectivity index (χ4v) is 3.12. The lowest BCUT2D eigenvalue weighted by molar-refractivity contribution is 0.0266. The maximum Gasteiger partial charge on any atom is 0.137 e. The second-order valence-corrected chi connectivity index (χ2v) is 6.22. The normalized spacial score (nSPS) is 21.0. The third-order valence-corrected chi connectivity index (χ3v) is 4.21. The molecule has 2 aromatic heterocycles. The van der Waals surface area contributed by atoms with Crippen LogP contribution < -0.4 is 4.74 Å². The summed E-state index contributed by atoms with van der Waals surface area (Å²) >= 11 is 0. The van der Waals surface area contributed by atoms with E-state index < -0.39 is 0 Å². The third kappa shape index (κ3) is 4.56. The lowest BCUT2D eigenvalue weighted by Gasteiger charge is -2.21. The summed E-state index contributed by atoms with van der Waals surface area (Å²) in [5, 5.41) is 0. The van der Waals surface area contributed by atoms with Gasteiger partial charge in [0, 0.05) is 31.3 Å². The highest BCUT2D eigenvalue weighted by atomic mass is 16.5. The number of likely N-dealkylation sites (N-methyl/N-ethyl adjacent to an activating group) is 1. The van der Waals surface area contributed by atoms with Gasteiger partial charge in [-0.15, -0.1) is 0 Å². The van der Waals surface area contributed by atoms with Crippen LogP contribution in [0.25, 0.3) is 0 Å². The molecule has 2 aromatic rings. The first-order chi connectivity index (χ1) is 11.2. The van der Waals surface area contributed by atoms with Crippen molar-refractivity contribution in [3.8, 4) is 5.75 Å². The van der Waals surface area contributed by atoms with Gasteiger partial charge in [-0.25, -0.2) is 0 Å². The molecule has 0 radical (unpaired) electrons. The molecule has 23 heavy (non-hydrogen) atoms. The SMILES string of the molecule is COc1cncc(C[C@@H]2CC[C@H](CN(C)Cc3ccoc3)O2)c1. The fraction of sp³-hybridized carbons (Fsp3) is 0.500. The molecule has 0 saturated carbocycles. The lowest BCUT2D eigenvalue weighted by atomic mass is 10.1. The van der Waals surface area contributed by atoms with Crippen LogP contribution in [0.2, 0.25) is 0 Å². The molecule has 3 rings (SSSR count). The van der Waals surface area contributed by atoms with Gasteiger partial charge < -0.3 is 13.9 Å². The number of methoxy groups -OCH3 is 1. The molecule has 0 N–H and O–H groups in total. The highest BCUT2D eigenvalue weighted by Gasteiger charge is 2.26. The van der Waals surface area contributed by atoms with Crippen LogP contribution in [0.3, 0.4) is 0 Å². The van der Waals surface area contributed by atoms with E-state index in [2.05, 4.69) is 16.9 Å². The summed E-state index contributed by atoms with van der Waals surface area (Å²) in [5.74, 6) is 0.803. The first-order valence-corrected chi connectivity index (χ1v) is 8.06. The maximum absolute atomic E-state index is 6.20. The van der Waals surface area contributed by atoms with Crippen molar-refractivity contribution in [2.75, 3.05) is 20.7 Å². The van der Waals surface area contributed by atoms with Crippen molar-refractivity contribution in [2.24, 2.45) is 0 Å². The van der Waals surface area contributed by atoms with Gasteiger partial charge in [0.1, 0.15) is 5.75 Å². The average Bonchev–Trinajstić information content (AvgIpc) is 3.20. The van der Waals surface area contributed by atoms with Crippen LogP contribution in [-0.2, 0) is 17.7 Å². The quantitative estimate of drug-likeness (QED) is 0.786. The van der Waals surface area contributed by atoms with Crippen molar-refractivity contribution in [3.63, 3.8) is 0 Å². The minimum Gasteiger partial charge on any atom is -0.495 e. The standard InChI is InChI=1S/C18H24N2O3/c1-20(11-14-5-6-22-13-14)12-17-4-3-16(23-17)7-15-8-18(21-2)10-19-9-15/h5-6,8-10,13,16-17H,3-4,7,11-12H2,1-2H3/t16-,17+/m0/s1. The smallest absolute Gasteiger partial charge is 0.137 e. The van der Waals surface area contributed by atoms with Crippen LogP contribution in [0.5, 0.6) is 5.75 Å². The molecule has 5 heteroatoms. The highest BCUT2D eigenvalue weighted by molar-refractivity contribution is 5.24. The summed E-state index contributed by atoms with van der Waals surface area (Å²) in [6, 6.07) is 4.04. The summed E-state index contributed by atoms with van der Waals surface area (Å²) in [6.45, 7) is 1.83. The molecule has 0 amide bonds. The monoisotopic (exact) mass is 316 g/mol. The first kappa shape index (κ1) is 16.0. The van der Waals surface area contributed by atoms with E-state index in [1.54, 1.807) is 25.8 Å². The van der Waals surface area contributed by atoms with Gasteiger partial charge in [-0.1, -0.05) is 0 Å². The van der Waals surface area contributed by atoms with Crippen molar-refractivity contribution >= 4 is 0 Å². The molecular formula is C18H24N2O3. The number of hydrogen-bond donors (Lipinski definition) is 0. The summed E-state index contributed by atoms with van der Waals surface area (Å²) in [5.41, 5.74) is 2.37. The van der Waals surface area contributed by atoms with Crippen molar-refractivity contribution in [2.45, 2.75) is 38.0 Å². The first-order valence-electron chi connectivity index (χ1n) is 8.06. The topological polar surface area (TPSA) is 47.7 Å². The van der Waals surface area contributed by atoms with Gasteiger partial charge in [-0.05, 0) is 37.6 Å². The second kappa shape index (κ2) is 7.62. The largest absolute Gasteiger partial charge is 0.495 e. The fourth-order valence-electron chi connectivity index (χ4n) is 3.12. The molecule has 0 aromatic carbocycles. The zero-order valence-electron chi connectivity index (χ0n) is 13.8. The molecule has 3 heterocycles. The van der Waals surface area contributed by atoms with Crippen LogP contribution in [0.15, 0.2) is 41.5 Å². The van der Waals surface area contributed by atoms with E-state index in [9.17, 15) is 0 Å². The van der Waals surface area contributed by atoms with Gasteiger partial charge in [0.05, 0.1) is 38.0 Å². The van der Waals surface area contributed by atoms with Gasteiger partial charge in [0.15, 0.2) is 0 Å². The van der Waals surface area contributed by atoms with E-state index in [-0.39, 0.29) is 6.10 Å². The second-order valence-electron chi connectivity index (χ2n) is 6.22. The van der Waals surface area contributed by atoms with E-state index in [1.165, 1.54) is 11.1 Å². The van der Waals surface area contributed by atoms with Gasteiger partial charge in [0.2, 0.25) is 0 Å². The Kier molecular flexibility index (Phi) is 5.31. The highest BCUT2D eigenvalue weighted by Crippen LogP contribution is 2.24. The van der Waals surface area contributed by atoms with Gasteiger partial charge in [0.25, 0.3) is 0 Å². The minimum atomic E-state index is 0.274. The van der Waals surface area contributed by atoms with Crippen molar-refractivity contribution in [1.29, 1.82) is 0 Å². The molecule has 5 nitrogen and oxygen atoms in total. The summed E-state index contributed by atoms with van der Waals surface area (Å²) in [4.78, 5) is 6.49. The number of pyridine rings is 1.